The van der Waals surface area contributed by atoms with Gasteiger partial charge >= 0.3 is 0 Å². The second-order valence-corrected chi connectivity index (χ2v) is 11.2. The van der Waals surface area contributed by atoms with Gasteiger partial charge in [-0.25, -0.2) is 0 Å². The highest BCUT2D eigenvalue weighted by atomic mass is 32.2. The highest BCUT2D eigenvalue weighted by Gasteiger charge is 2.26. The lowest BCUT2D eigenvalue weighted by molar-refractivity contribution is 0.310. The van der Waals surface area contributed by atoms with Crippen LogP contribution in [-0.4, -0.2) is 18.1 Å². The Morgan fingerprint density at radius 3 is 2.06 bits per heavy atom. The second-order valence-electron chi connectivity index (χ2n) is 8.97. The summed E-state index contributed by atoms with van der Waals surface area (Å²) in [6, 6.07) is 30.8. The van der Waals surface area contributed by atoms with Gasteiger partial charge in [0.1, 0.15) is 17.3 Å². The molecule has 0 radical (unpaired) electrons. The van der Waals surface area contributed by atoms with Crippen molar-refractivity contribution in [1.29, 1.82) is 0 Å². The number of fused-ring (bicyclic) bond motifs is 4. The van der Waals surface area contributed by atoms with Gasteiger partial charge in [0.25, 0.3) is 0 Å². The smallest absolute Gasteiger partial charge is 0.155 e. The van der Waals surface area contributed by atoms with Crippen molar-refractivity contribution in [3.63, 3.8) is 0 Å². The third kappa shape index (κ3) is 5.12. The lowest BCUT2D eigenvalue weighted by Gasteiger charge is -2.07. The van der Waals surface area contributed by atoms with Gasteiger partial charge in [-0.05, 0) is 83.0 Å². The molecule has 1 aliphatic heterocycles. The predicted molar refractivity (Wildman–Crippen MR) is 144 cm³/mol. The number of benzene rings is 4. The molecule has 4 aromatic rings. The Kier molecular flexibility index (Phi) is 7.02. The molecule has 0 N–H and O–H groups in total. The van der Waals surface area contributed by atoms with Gasteiger partial charge in [-0.2, -0.15) is 0 Å². The third-order valence-electron chi connectivity index (χ3n) is 6.62. The highest BCUT2D eigenvalue weighted by Crippen LogP contribution is 2.35. The summed E-state index contributed by atoms with van der Waals surface area (Å²) in [7, 11) is 0.511. The van der Waals surface area contributed by atoms with E-state index in [2.05, 4.69) is 91.9 Å². The average Bonchev–Trinajstić information content (AvgIpc) is 3.53. The third-order valence-corrected chi connectivity index (χ3v) is 9.10. The number of rotatable bonds is 5. The van der Waals surface area contributed by atoms with E-state index < -0.39 is 0 Å². The number of ether oxygens (including phenoxy) is 1. The van der Waals surface area contributed by atoms with Crippen molar-refractivity contribution in [1.82, 2.24) is 0 Å². The fraction of sp³-hybridized carbons (Fsp3) is 0.290. The van der Waals surface area contributed by atoms with E-state index in [-0.39, 0.29) is 0 Å². The highest BCUT2D eigenvalue weighted by molar-refractivity contribution is 7.97. The Bertz CT molecular complexity index is 1180. The molecule has 6 rings (SSSR count). The average molecular weight is 454 g/mol. The van der Waals surface area contributed by atoms with Crippen LogP contribution in [0.25, 0.3) is 21.9 Å². The fourth-order valence-corrected chi connectivity index (χ4v) is 7.11. The molecule has 2 heteroatoms. The van der Waals surface area contributed by atoms with Crippen LogP contribution in [0.2, 0.25) is 0 Å². The molecule has 1 aliphatic carbocycles. The number of hydrogen-bond donors (Lipinski definition) is 0. The molecule has 0 atom stereocenters. The van der Waals surface area contributed by atoms with Crippen LogP contribution in [0.4, 0.5) is 0 Å². The zero-order valence-electron chi connectivity index (χ0n) is 19.6. The van der Waals surface area contributed by atoms with Crippen LogP contribution in [0.5, 0.6) is 5.75 Å². The quantitative estimate of drug-likeness (QED) is 0.193. The van der Waals surface area contributed by atoms with E-state index in [1.54, 1.807) is 4.90 Å². The van der Waals surface area contributed by atoms with Gasteiger partial charge in [-0.3, -0.25) is 0 Å². The molecule has 0 bridgehead atoms. The molecule has 0 aromatic heterocycles. The molecule has 1 heterocycles. The fourth-order valence-electron chi connectivity index (χ4n) is 4.78. The van der Waals surface area contributed by atoms with Crippen LogP contribution in [0, 0.1) is 0 Å². The Hall–Kier alpha value is -2.71. The van der Waals surface area contributed by atoms with Crippen molar-refractivity contribution in [2.45, 2.75) is 43.9 Å². The van der Waals surface area contributed by atoms with E-state index >= 15 is 0 Å². The molecule has 4 aromatic carbocycles. The van der Waals surface area contributed by atoms with Crippen LogP contribution in [0.1, 0.15) is 43.7 Å². The molecule has 0 saturated carbocycles. The lowest BCUT2D eigenvalue weighted by atomic mass is 10.1. The maximum Gasteiger partial charge on any atom is 0.155 e. The van der Waals surface area contributed by atoms with E-state index in [9.17, 15) is 0 Å². The van der Waals surface area contributed by atoms with E-state index in [0.29, 0.717) is 10.9 Å². The molecule has 1 nitrogen and oxygen atoms in total. The minimum Gasteiger partial charge on any atom is -0.494 e. The summed E-state index contributed by atoms with van der Waals surface area (Å²) < 4.78 is 5.79. The van der Waals surface area contributed by atoms with Gasteiger partial charge in [0.2, 0.25) is 0 Å². The topological polar surface area (TPSA) is 9.23 Å². The van der Waals surface area contributed by atoms with Crippen molar-refractivity contribution in [3.8, 4) is 16.9 Å². The molecule has 1 fully saturated rings. The molecular weight excluding hydrogens is 420 g/mol. The zero-order chi connectivity index (χ0) is 22.5. The second kappa shape index (κ2) is 10.5. The van der Waals surface area contributed by atoms with Crippen molar-refractivity contribution < 1.29 is 4.74 Å². The standard InChI is InChI=1S/C18H23OS.C13H10/c1-2-3-10-19-17-8-6-16-14-18(9-7-15(16)13-17)20-11-4-5-12-20;1-3-7-12-10(5-1)9-11-6-2-4-8-13(11)12/h6-9,13-14H,2-5,10-12H2,1H3;1-8H,9H2/q+1;. The molecule has 1 saturated heterocycles. The first-order valence-corrected chi connectivity index (χ1v) is 13.9. The van der Waals surface area contributed by atoms with Gasteiger partial charge in [0, 0.05) is 17.0 Å². The lowest BCUT2D eigenvalue weighted by Crippen LogP contribution is -2.03. The van der Waals surface area contributed by atoms with E-state index in [0.717, 1.165) is 25.2 Å². The van der Waals surface area contributed by atoms with Crippen LogP contribution < -0.4 is 4.74 Å². The monoisotopic (exact) mass is 453 g/mol. The Morgan fingerprint density at radius 1 is 0.727 bits per heavy atom. The van der Waals surface area contributed by atoms with E-state index in [1.807, 2.05) is 0 Å². The summed E-state index contributed by atoms with van der Waals surface area (Å²) in [4.78, 5) is 1.55. The molecule has 33 heavy (non-hydrogen) atoms. The Labute approximate surface area is 201 Å². The summed E-state index contributed by atoms with van der Waals surface area (Å²) in [5.41, 5.74) is 5.75. The van der Waals surface area contributed by atoms with Gasteiger partial charge in [0.05, 0.1) is 6.61 Å². The van der Waals surface area contributed by atoms with Crippen LogP contribution >= 0.6 is 0 Å². The normalized spacial score (nSPS) is 14.5. The van der Waals surface area contributed by atoms with Crippen molar-refractivity contribution in [3.05, 3.63) is 96.1 Å². The van der Waals surface area contributed by atoms with Crippen molar-refractivity contribution in [2.24, 2.45) is 0 Å². The molecule has 0 amide bonds. The number of unbranched alkanes of at least 4 members (excludes halogenated alkanes) is 1. The van der Waals surface area contributed by atoms with Crippen molar-refractivity contribution in [2.75, 3.05) is 18.1 Å². The first-order valence-electron chi connectivity index (χ1n) is 12.3. The molecule has 0 unspecified atom stereocenters. The Balaban J connectivity index is 0.000000151. The maximum absolute atomic E-state index is 5.79. The summed E-state index contributed by atoms with van der Waals surface area (Å²) in [6.45, 7) is 3.01. The van der Waals surface area contributed by atoms with E-state index in [1.165, 1.54) is 63.8 Å². The molecular formula is C31H33OS+. The van der Waals surface area contributed by atoms with Crippen LogP contribution in [0.15, 0.2) is 89.8 Å². The minimum atomic E-state index is 0.511. The largest absolute Gasteiger partial charge is 0.494 e. The van der Waals surface area contributed by atoms with Crippen LogP contribution in [0.3, 0.4) is 0 Å². The van der Waals surface area contributed by atoms with E-state index in [4.69, 9.17) is 4.74 Å². The van der Waals surface area contributed by atoms with Gasteiger partial charge < -0.3 is 4.74 Å². The molecule has 0 spiro atoms. The van der Waals surface area contributed by atoms with Crippen LogP contribution in [-0.2, 0) is 17.3 Å². The van der Waals surface area contributed by atoms with Gasteiger partial charge in [0.15, 0.2) is 4.90 Å². The summed E-state index contributed by atoms with van der Waals surface area (Å²) >= 11 is 0. The predicted octanol–water partition coefficient (Wildman–Crippen LogP) is 8.05. The Morgan fingerprint density at radius 2 is 1.36 bits per heavy atom. The summed E-state index contributed by atoms with van der Waals surface area (Å²) in [5, 5.41) is 2.65. The molecule has 2 aliphatic rings. The first-order chi connectivity index (χ1) is 16.3. The molecule has 168 valence electrons. The van der Waals surface area contributed by atoms with Gasteiger partial charge in [-0.15, -0.1) is 0 Å². The van der Waals surface area contributed by atoms with Crippen molar-refractivity contribution >= 4 is 21.7 Å². The maximum atomic E-state index is 5.79. The summed E-state index contributed by atoms with van der Waals surface area (Å²) in [5.74, 6) is 3.79. The number of hydrogen-bond acceptors (Lipinski definition) is 1. The summed E-state index contributed by atoms with van der Waals surface area (Å²) in [6.07, 6.45) is 6.22. The first kappa shape index (κ1) is 22.1. The zero-order valence-corrected chi connectivity index (χ0v) is 20.4. The SMILES string of the molecule is CCCCOc1ccc2cc([S+]3CCCC3)ccc2c1.c1ccc2c(c1)Cc1ccccc1-2. The minimum absolute atomic E-state index is 0.511. The van der Waals surface area contributed by atoms with Gasteiger partial charge in [-0.1, -0.05) is 67.9 Å².